The Labute approximate surface area is 223 Å². The molecule has 0 spiro atoms. The summed E-state index contributed by atoms with van der Waals surface area (Å²) >= 11 is 6.49. The zero-order valence-electron chi connectivity index (χ0n) is 22.1. The van der Waals surface area contributed by atoms with Gasteiger partial charge in [-0.25, -0.2) is 14.4 Å². The number of aryl methyl sites for hydroxylation is 1. The smallest absolute Gasteiger partial charge is 0.409 e. The molecule has 0 aromatic heterocycles. The molecule has 2 rings (SSSR count). The first kappa shape index (κ1) is 30.0. The van der Waals surface area contributed by atoms with E-state index in [0.29, 0.717) is 30.2 Å². The third kappa shape index (κ3) is 9.28. The quantitative estimate of drug-likeness (QED) is 0.214. The molecule has 0 saturated carbocycles. The highest BCUT2D eigenvalue weighted by molar-refractivity contribution is 6.31. The number of hydrogen-bond acceptors (Lipinski definition) is 7. The topological polar surface area (TPSA) is 100 Å². The lowest BCUT2D eigenvalue weighted by Gasteiger charge is -2.31. The molecule has 0 aliphatic heterocycles. The fourth-order valence-electron chi connectivity index (χ4n) is 3.54. The number of amides is 1. The van der Waals surface area contributed by atoms with Crippen LogP contribution in [-0.2, 0) is 36.8 Å². The number of carbonyl (C=O) groups is 3. The van der Waals surface area contributed by atoms with E-state index < -0.39 is 29.2 Å². The molecule has 9 heteroatoms. The monoisotopic (exact) mass is 533 g/mol. The zero-order valence-corrected chi connectivity index (χ0v) is 22.9. The highest BCUT2D eigenvalue weighted by Crippen LogP contribution is 2.27. The molecule has 1 N–H and O–H groups in total. The van der Waals surface area contributed by atoms with Crippen molar-refractivity contribution in [3.63, 3.8) is 0 Å². The summed E-state index contributed by atoms with van der Waals surface area (Å²) in [6.45, 7) is 8.71. The van der Waals surface area contributed by atoms with Crippen LogP contribution in [0.2, 0.25) is 5.02 Å². The number of benzene rings is 2. The second-order valence-electron chi connectivity index (χ2n) is 9.35. The highest BCUT2D eigenvalue weighted by Gasteiger charge is 2.50. The van der Waals surface area contributed by atoms with Crippen LogP contribution in [0, 0.1) is 0 Å². The molecule has 0 atom stereocenters. The van der Waals surface area contributed by atoms with Crippen LogP contribution in [0.4, 0.5) is 4.79 Å². The Morgan fingerprint density at radius 1 is 0.919 bits per heavy atom. The van der Waals surface area contributed by atoms with Crippen molar-refractivity contribution in [1.82, 2.24) is 5.32 Å². The fourth-order valence-corrected chi connectivity index (χ4v) is 3.81. The Balaban J connectivity index is 2.16. The molecule has 2 aromatic carbocycles. The molecule has 1 amide bonds. The number of esters is 2. The van der Waals surface area contributed by atoms with E-state index in [4.69, 9.17) is 30.5 Å². The maximum atomic E-state index is 13.0. The predicted octanol–water partition coefficient (Wildman–Crippen LogP) is 5.63. The van der Waals surface area contributed by atoms with Crippen LogP contribution in [0.15, 0.2) is 48.5 Å². The van der Waals surface area contributed by atoms with Gasteiger partial charge in [-0.3, -0.25) is 5.32 Å². The molecule has 0 unspecified atom stereocenters. The molecule has 8 nitrogen and oxygen atoms in total. The number of halogens is 1. The minimum Gasteiger partial charge on any atom is -0.489 e. The maximum Gasteiger partial charge on any atom is 0.409 e. The molecular weight excluding hydrogens is 498 g/mol. The molecule has 0 bridgehead atoms. The maximum absolute atomic E-state index is 13.0. The van der Waals surface area contributed by atoms with Gasteiger partial charge in [-0.2, -0.15) is 0 Å². The Bertz CT molecular complexity index is 1030. The third-order valence-electron chi connectivity index (χ3n) is 5.23. The average molecular weight is 534 g/mol. The summed E-state index contributed by atoms with van der Waals surface area (Å²) in [5, 5.41) is 2.92. The second-order valence-corrected chi connectivity index (χ2v) is 9.76. The lowest BCUT2D eigenvalue weighted by molar-refractivity contribution is -0.166. The minimum absolute atomic E-state index is 0.0201. The van der Waals surface area contributed by atoms with E-state index in [9.17, 15) is 14.4 Å². The van der Waals surface area contributed by atoms with Gasteiger partial charge < -0.3 is 18.9 Å². The first-order valence-electron chi connectivity index (χ1n) is 12.3. The van der Waals surface area contributed by atoms with E-state index in [0.717, 1.165) is 11.1 Å². The van der Waals surface area contributed by atoms with Gasteiger partial charge in [0.2, 0.25) is 5.54 Å². The summed E-state index contributed by atoms with van der Waals surface area (Å²) in [4.78, 5) is 38.6. The van der Waals surface area contributed by atoms with Gasteiger partial charge in [-0.15, -0.1) is 0 Å². The largest absolute Gasteiger partial charge is 0.489 e. The molecular formula is C28H36ClNO7. The summed E-state index contributed by atoms with van der Waals surface area (Å²) in [7, 11) is 0. The second kappa shape index (κ2) is 13.9. The van der Waals surface area contributed by atoms with E-state index in [2.05, 4.69) is 5.32 Å². The van der Waals surface area contributed by atoms with Crippen molar-refractivity contribution >= 4 is 29.6 Å². The molecule has 0 aliphatic carbocycles. The van der Waals surface area contributed by atoms with E-state index in [1.165, 1.54) is 0 Å². The van der Waals surface area contributed by atoms with E-state index in [1.807, 2.05) is 42.5 Å². The third-order valence-corrected chi connectivity index (χ3v) is 5.58. The van der Waals surface area contributed by atoms with Crippen LogP contribution in [-0.4, -0.2) is 42.4 Å². The number of hydrogen-bond donors (Lipinski definition) is 1. The normalized spacial score (nSPS) is 11.4. The van der Waals surface area contributed by atoms with Gasteiger partial charge in [-0.05, 0) is 77.1 Å². The van der Waals surface area contributed by atoms with E-state index in [-0.39, 0.29) is 19.6 Å². The average Bonchev–Trinajstić information content (AvgIpc) is 2.83. The van der Waals surface area contributed by atoms with Gasteiger partial charge in [0.25, 0.3) is 0 Å². The van der Waals surface area contributed by atoms with Crippen LogP contribution in [0.5, 0.6) is 5.75 Å². The molecule has 2 aromatic rings. The van der Waals surface area contributed by atoms with Crippen LogP contribution < -0.4 is 10.1 Å². The van der Waals surface area contributed by atoms with Crippen molar-refractivity contribution in [3.05, 3.63) is 64.7 Å². The van der Waals surface area contributed by atoms with Crippen LogP contribution in [0.1, 0.15) is 58.6 Å². The fraction of sp³-hybridized carbons (Fsp3) is 0.464. The predicted molar refractivity (Wildman–Crippen MR) is 141 cm³/mol. The van der Waals surface area contributed by atoms with Gasteiger partial charge in [0.1, 0.15) is 18.0 Å². The number of carbonyl (C=O) groups excluding carboxylic acids is 3. The molecule has 0 heterocycles. The standard InChI is InChI=1S/C28H36ClNO7/c1-6-34-24(31)28(25(32)35-7-2,30-26(33)37-27(3,4)5)17-11-14-21-15-16-22(18-23(21)29)36-19-20-12-9-8-10-13-20/h8-10,12-13,15-16,18H,6-7,11,14,17,19H2,1-5H3,(H,30,33). The van der Waals surface area contributed by atoms with E-state index in [1.54, 1.807) is 40.7 Å². The van der Waals surface area contributed by atoms with Crippen molar-refractivity contribution in [3.8, 4) is 5.75 Å². The first-order chi connectivity index (χ1) is 17.5. The van der Waals surface area contributed by atoms with Gasteiger partial charge in [0, 0.05) is 5.02 Å². The van der Waals surface area contributed by atoms with Gasteiger partial charge in [0.05, 0.1) is 13.2 Å². The number of nitrogens with one attached hydrogen (secondary N) is 1. The molecule has 0 saturated heterocycles. The van der Waals surface area contributed by atoms with Crippen molar-refractivity contribution in [2.45, 2.75) is 71.6 Å². The van der Waals surface area contributed by atoms with Crippen LogP contribution >= 0.6 is 11.6 Å². The lowest BCUT2D eigenvalue weighted by Crippen LogP contribution is -2.62. The van der Waals surface area contributed by atoms with Gasteiger partial charge in [0.15, 0.2) is 0 Å². The van der Waals surface area contributed by atoms with Gasteiger partial charge >= 0.3 is 18.0 Å². The van der Waals surface area contributed by atoms with Crippen molar-refractivity contribution in [1.29, 1.82) is 0 Å². The summed E-state index contributed by atoms with van der Waals surface area (Å²) in [6, 6.07) is 15.1. The molecule has 0 aliphatic rings. The number of rotatable bonds is 12. The molecule has 0 radical (unpaired) electrons. The van der Waals surface area contributed by atoms with E-state index >= 15 is 0 Å². The van der Waals surface area contributed by atoms with Crippen LogP contribution in [0.3, 0.4) is 0 Å². The molecule has 37 heavy (non-hydrogen) atoms. The highest BCUT2D eigenvalue weighted by atomic mass is 35.5. The van der Waals surface area contributed by atoms with Crippen molar-refractivity contribution in [2.24, 2.45) is 0 Å². The summed E-state index contributed by atoms with van der Waals surface area (Å²) < 4.78 is 21.4. The SMILES string of the molecule is CCOC(=O)C(CCCc1ccc(OCc2ccccc2)cc1Cl)(NC(=O)OC(C)(C)C)C(=O)OCC. The lowest BCUT2D eigenvalue weighted by atomic mass is 9.91. The van der Waals surface area contributed by atoms with Gasteiger partial charge in [-0.1, -0.05) is 48.0 Å². The molecule has 0 fully saturated rings. The first-order valence-corrected chi connectivity index (χ1v) is 12.7. The molecule has 202 valence electrons. The Hall–Kier alpha value is -3.26. The summed E-state index contributed by atoms with van der Waals surface area (Å²) in [5.41, 5.74) is -1.06. The minimum atomic E-state index is -2.06. The Morgan fingerprint density at radius 2 is 1.54 bits per heavy atom. The zero-order chi connectivity index (χ0) is 27.5. The summed E-state index contributed by atoms with van der Waals surface area (Å²) in [6.07, 6.45) is -0.260. The van der Waals surface area contributed by atoms with Crippen molar-refractivity contribution in [2.75, 3.05) is 13.2 Å². The Morgan fingerprint density at radius 3 is 2.08 bits per heavy atom. The van der Waals surface area contributed by atoms with Crippen molar-refractivity contribution < 1.29 is 33.3 Å². The Kier molecular flexibility index (Phi) is 11.2. The summed E-state index contributed by atoms with van der Waals surface area (Å²) in [5.74, 6) is -1.19. The van der Waals surface area contributed by atoms with Crippen LogP contribution in [0.25, 0.3) is 0 Å². The number of ether oxygens (including phenoxy) is 4. The number of alkyl carbamates (subject to hydrolysis) is 1.